The van der Waals surface area contributed by atoms with Crippen LogP contribution in [0.2, 0.25) is 0 Å². The van der Waals surface area contributed by atoms with E-state index in [1.54, 1.807) is 0 Å². The lowest BCUT2D eigenvalue weighted by Gasteiger charge is -2.01. The molecule has 0 amide bonds. The van der Waals surface area contributed by atoms with Crippen LogP contribution in [0.5, 0.6) is 0 Å². The Morgan fingerprint density at radius 3 is 2.76 bits per heavy atom. The van der Waals surface area contributed by atoms with E-state index in [4.69, 9.17) is 0 Å². The van der Waals surface area contributed by atoms with Gasteiger partial charge in [-0.2, -0.15) is 0 Å². The summed E-state index contributed by atoms with van der Waals surface area (Å²) in [6, 6.07) is 10.9. The Bertz CT molecular complexity index is 505. The topological polar surface area (TPSA) is 12.0 Å². The van der Waals surface area contributed by atoms with E-state index in [9.17, 15) is 0 Å². The lowest BCUT2D eigenvalue weighted by atomic mass is 10.1. The van der Waals surface area contributed by atoms with Crippen LogP contribution in [0, 0.1) is 6.92 Å². The molecule has 0 saturated heterocycles. The molecule has 0 saturated carbocycles. The van der Waals surface area contributed by atoms with Crippen LogP contribution in [0.25, 0.3) is 10.4 Å². The average molecular weight is 310 g/mol. The van der Waals surface area contributed by atoms with Crippen molar-refractivity contribution >= 4 is 27.3 Å². The van der Waals surface area contributed by atoms with Crippen molar-refractivity contribution in [1.29, 1.82) is 0 Å². The SMILES string of the molecule is CCNCc1ccc(-c2ccc(C)c(Br)c2)s1. The van der Waals surface area contributed by atoms with Crippen LogP contribution in [0.1, 0.15) is 17.4 Å². The molecule has 90 valence electrons. The Hall–Kier alpha value is -0.640. The van der Waals surface area contributed by atoms with Gasteiger partial charge in [0.25, 0.3) is 0 Å². The van der Waals surface area contributed by atoms with Gasteiger partial charge in [-0.25, -0.2) is 0 Å². The molecule has 1 N–H and O–H groups in total. The first-order valence-electron chi connectivity index (χ1n) is 5.76. The minimum atomic E-state index is 0.966. The summed E-state index contributed by atoms with van der Waals surface area (Å²) in [6.07, 6.45) is 0. The molecule has 1 heterocycles. The van der Waals surface area contributed by atoms with Crippen molar-refractivity contribution in [3.8, 4) is 10.4 Å². The quantitative estimate of drug-likeness (QED) is 0.870. The summed E-state index contributed by atoms with van der Waals surface area (Å²) in [6.45, 7) is 6.22. The minimum Gasteiger partial charge on any atom is -0.312 e. The summed E-state index contributed by atoms with van der Waals surface area (Å²) >= 11 is 5.44. The molecule has 1 aromatic carbocycles. The van der Waals surface area contributed by atoms with Crippen LogP contribution in [0.3, 0.4) is 0 Å². The van der Waals surface area contributed by atoms with Gasteiger partial charge < -0.3 is 5.32 Å². The highest BCUT2D eigenvalue weighted by Crippen LogP contribution is 2.31. The summed E-state index contributed by atoms with van der Waals surface area (Å²) in [7, 11) is 0. The summed E-state index contributed by atoms with van der Waals surface area (Å²) in [5.74, 6) is 0. The smallest absolute Gasteiger partial charge is 0.0346 e. The maximum Gasteiger partial charge on any atom is 0.0346 e. The predicted octanol–water partition coefficient (Wildman–Crippen LogP) is 4.60. The van der Waals surface area contributed by atoms with Crippen molar-refractivity contribution in [2.45, 2.75) is 20.4 Å². The fourth-order valence-electron chi connectivity index (χ4n) is 1.62. The number of rotatable bonds is 4. The zero-order chi connectivity index (χ0) is 12.3. The largest absolute Gasteiger partial charge is 0.312 e. The highest BCUT2D eigenvalue weighted by Gasteiger charge is 2.04. The molecule has 1 aromatic heterocycles. The van der Waals surface area contributed by atoms with Gasteiger partial charge in [0, 0.05) is 20.8 Å². The molecule has 0 aliphatic heterocycles. The Morgan fingerprint density at radius 2 is 2.06 bits per heavy atom. The Labute approximate surface area is 115 Å². The van der Waals surface area contributed by atoms with E-state index in [0.29, 0.717) is 0 Å². The molecule has 0 bridgehead atoms. The van der Waals surface area contributed by atoms with Crippen molar-refractivity contribution < 1.29 is 0 Å². The van der Waals surface area contributed by atoms with E-state index < -0.39 is 0 Å². The van der Waals surface area contributed by atoms with Crippen LogP contribution < -0.4 is 5.32 Å². The van der Waals surface area contributed by atoms with Crippen molar-refractivity contribution in [1.82, 2.24) is 5.32 Å². The number of halogens is 1. The van der Waals surface area contributed by atoms with Gasteiger partial charge in [-0.05, 0) is 42.8 Å². The molecule has 17 heavy (non-hydrogen) atoms. The number of nitrogens with one attached hydrogen (secondary N) is 1. The van der Waals surface area contributed by atoms with Crippen molar-refractivity contribution in [2.24, 2.45) is 0 Å². The molecule has 0 atom stereocenters. The third-order valence-electron chi connectivity index (χ3n) is 2.67. The Morgan fingerprint density at radius 1 is 1.24 bits per heavy atom. The maximum absolute atomic E-state index is 3.58. The first kappa shape index (κ1) is 12.8. The van der Waals surface area contributed by atoms with Gasteiger partial charge in [0.2, 0.25) is 0 Å². The van der Waals surface area contributed by atoms with Crippen LogP contribution in [-0.2, 0) is 6.54 Å². The fourth-order valence-corrected chi connectivity index (χ4v) is 2.97. The van der Waals surface area contributed by atoms with Crippen LogP contribution >= 0.6 is 27.3 Å². The molecule has 3 heteroatoms. The van der Waals surface area contributed by atoms with Gasteiger partial charge in [-0.3, -0.25) is 0 Å². The summed E-state index contributed by atoms with van der Waals surface area (Å²) in [5.41, 5.74) is 2.56. The first-order chi connectivity index (χ1) is 8.20. The second kappa shape index (κ2) is 5.80. The van der Waals surface area contributed by atoms with Crippen molar-refractivity contribution in [2.75, 3.05) is 6.54 Å². The number of hydrogen-bond donors (Lipinski definition) is 1. The fraction of sp³-hybridized carbons (Fsp3) is 0.286. The van der Waals surface area contributed by atoms with E-state index in [2.05, 4.69) is 65.4 Å². The number of hydrogen-bond acceptors (Lipinski definition) is 2. The molecule has 0 aliphatic rings. The summed E-state index contributed by atoms with van der Waals surface area (Å²) in [5, 5.41) is 3.35. The standard InChI is InChI=1S/C14H16BrNS/c1-3-16-9-12-6-7-14(17-12)11-5-4-10(2)13(15)8-11/h4-8,16H,3,9H2,1-2H3. The monoisotopic (exact) mass is 309 g/mol. The van der Waals surface area contributed by atoms with E-state index in [-0.39, 0.29) is 0 Å². The van der Waals surface area contributed by atoms with Crippen LogP contribution in [0.4, 0.5) is 0 Å². The molecule has 1 nitrogen and oxygen atoms in total. The highest BCUT2D eigenvalue weighted by atomic mass is 79.9. The minimum absolute atomic E-state index is 0.966. The molecular formula is C14H16BrNS. The van der Waals surface area contributed by atoms with Crippen LogP contribution in [-0.4, -0.2) is 6.54 Å². The summed E-state index contributed by atoms with van der Waals surface area (Å²) < 4.78 is 1.18. The third kappa shape index (κ3) is 3.18. The summed E-state index contributed by atoms with van der Waals surface area (Å²) in [4.78, 5) is 2.72. The van der Waals surface area contributed by atoms with E-state index in [1.165, 1.54) is 25.4 Å². The zero-order valence-electron chi connectivity index (χ0n) is 10.1. The predicted molar refractivity (Wildman–Crippen MR) is 79.6 cm³/mol. The third-order valence-corrected chi connectivity index (χ3v) is 4.66. The van der Waals surface area contributed by atoms with E-state index in [1.807, 2.05) is 11.3 Å². The van der Waals surface area contributed by atoms with Crippen molar-refractivity contribution in [3.63, 3.8) is 0 Å². The average Bonchev–Trinajstić information content (AvgIpc) is 2.79. The number of benzene rings is 1. The number of aryl methyl sites for hydroxylation is 1. The molecular weight excluding hydrogens is 294 g/mol. The van der Waals surface area contributed by atoms with Gasteiger partial charge in [-0.15, -0.1) is 11.3 Å². The normalized spacial score (nSPS) is 10.8. The maximum atomic E-state index is 3.58. The second-order valence-corrected chi connectivity index (χ2v) is 6.03. The second-order valence-electron chi connectivity index (χ2n) is 4.01. The molecule has 0 aliphatic carbocycles. The van der Waals surface area contributed by atoms with E-state index >= 15 is 0 Å². The first-order valence-corrected chi connectivity index (χ1v) is 7.37. The number of thiophene rings is 1. The van der Waals surface area contributed by atoms with Crippen LogP contribution in [0.15, 0.2) is 34.8 Å². The van der Waals surface area contributed by atoms with Gasteiger partial charge in [0.05, 0.1) is 0 Å². The molecule has 0 spiro atoms. The molecule has 0 fully saturated rings. The lowest BCUT2D eigenvalue weighted by molar-refractivity contribution is 0.735. The Kier molecular flexibility index (Phi) is 4.37. The van der Waals surface area contributed by atoms with Crippen molar-refractivity contribution in [3.05, 3.63) is 45.2 Å². The molecule has 2 rings (SSSR count). The van der Waals surface area contributed by atoms with E-state index in [0.717, 1.165) is 13.1 Å². The molecule has 2 aromatic rings. The zero-order valence-corrected chi connectivity index (χ0v) is 12.5. The lowest BCUT2D eigenvalue weighted by Crippen LogP contribution is -2.10. The highest BCUT2D eigenvalue weighted by molar-refractivity contribution is 9.10. The van der Waals surface area contributed by atoms with Gasteiger partial charge in [0.15, 0.2) is 0 Å². The van der Waals surface area contributed by atoms with Gasteiger partial charge >= 0.3 is 0 Å². The Balaban J connectivity index is 2.21. The van der Waals surface area contributed by atoms with Gasteiger partial charge in [-0.1, -0.05) is 35.0 Å². The molecule has 0 unspecified atom stereocenters. The molecule has 0 radical (unpaired) electrons. The van der Waals surface area contributed by atoms with Gasteiger partial charge in [0.1, 0.15) is 0 Å².